The molecule has 0 unspecified atom stereocenters. The molecule has 0 amide bonds. The molecule has 0 aliphatic heterocycles. The second-order valence-corrected chi connectivity index (χ2v) is 5.67. The summed E-state index contributed by atoms with van der Waals surface area (Å²) in [5, 5.41) is 11.6. The fourth-order valence-corrected chi connectivity index (χ4v) is 2.29. The maximum absolute atomic E-state index is 12.6. The van der Waals surface area contributed by atoms with E-state index in [2.05, 4.69) is 6.58 Å². The molecule has 1 heterocycles. The molecule has 1 aromatic heterocycles. The Kier molecular flexibility index (Phi) is 5.59. The number of aryl methyl sites for hydroxylation is 1. The lowest BCUT2D eigenvalue weighted by atomic mass is 10.1. The number of pyridine rings is 1. The van der Waals surface area contributed by atoms with Crippen molar-refractivity contribution in [2.24, 2.45) is 7.05 Å². The molecular formula is C18H20N2O5. The van der Waals surface area contributed by atoms with Gasteiger partial charge in [0.05, 0.1) is 10.4 Å². The quantitative estimate of drug-likeness (QED) is 0.437. The highest BCUT2D eigenvalue weighted by atomic mass is 16.6. The molecule has 0 aliphatic rings. The molecule has 25 heavy (non-hydrogen) atoms. The minimum atomic E-state index is -0.504. The summed E-state index contributed by atoms with van der Waals surface area (Å²) in [4.78, 5) is 23.1. The number of aromatic nitrogens is 1. The molecule has 0 fully saturated rings. The van der Waals surface area contributed by atoms with Crippen LogP contribution in [-0.4, -0.2) is 22.7 Å². The number of ether oxygens (including phenoxy) is 2. The van der Waals surface area contributed by atoms with E-state index in [9.17, 15) is 14.9 Å². The second-order valence-electron chi connectivity index (χ2n) is 5.67. The zero-order chi connectivity index (χ0) is 18.6. The number of nitro benzene ring substituents is 1. The molecule has 1 aromatic carbocycles. The van der Waals surface area contributed by atoms with E-state index in [1.165, 1.54) is 29.8 Å². The molecule has 2 aromatic rings. The highest BCUT2D eigenvalue weighted by molar-refractivity contribution is 5.89. The van der Waals surface area contributed by atoms with Crippen molar-refractivity contribution in [2.75, 3.05) is 13.2 Å². The molecule has 0 saturated heterocycles. The summed E-state index contributed by atoms with van der Waals surface area (Å²) < 4.78 is 12.6. The van der Waals surface area contributed by atoms with Gasteiger partial charge in [0.1, 0.15) is 13.2 Å². The number of rotatable bonds is 7. The van der Waals surface area contributed by atoms with Crippen LogP contribution in [0.4, 0.5) is 5.69 Å². The van der Waals surface area contributed by atoms with E-state index in [0.717, 1.165) is 5.57 Å². The molecule has 0 spiro atoms. The van der Waals surface area contributed by atoms with Crippen LogP contribution in [0, 0.1) is 10.1 Å². The Bertz CT molecular complexity index is 908. The van der Waals surface area contributed by atoms with Gasteiger partial charge in [0.2, 0.25) is 5.75 Å². The summed E-state index contributed by atoms with van der Waals surface area (Å²) in [6, 6.07) is 4.28. The molecular weight excluding hydrogens is 324 g/mol. The first-order chi connectivity index (χ1) is 11.9. The summed E-state index contributed by atoms with van der Waals surface area (Å²) in [7, 11) is 1.54. The van der Waals surface area contributed by atoms with Gasteiger partial charge in [0, 0.05) is 24.6 Å². The van der Waals surface area contributed by atoms with Crippen LogP contribution in [0.2, 0.25) is 0 Å². The molecule has 0 bridgehead atoms. The number of benzene rings is 1. The number of hydrogen-bond acceptors (Lipinski definition) is 5. The van der Waals surface area contributed by atoms with Crippen molar-refractivity contribution in [3.63, 3.8) is 0 Å². The maximum Gasteiger partial charge on any atom is 0.297 e. The van der Waals surface area contributed by atoms with Crippen LogP contribution in [0.25, 0.3) is 10.9 Å². The van der Waals surface area contributed by atoms with Crippen LogP contribution in [0.3, 0.4) is 0 Å². The molecule has 2 rings (SSSR count). The van der Waals surface area contributed by atoms with Crippen molar-refractivity contribution in [3.05, 3.63) is 63.0 Å². The molecule has 0 aliphatic carbocycles. The SMILES string of the molecule is C=CCOc1c(OCC=C(C)C)c2ccc([N+](=O)[O-])cc2n(C)c1=O. The Balaban J connectivity index is 2.71. The lowest BCUT2D eigenvalue weighted by molar-refractivity contribution is -0.384. The monoisotopic (exact) mass is 344 g/mol. The zero-order valence-corrected chi connectivity index (χ0v) is 14.4. The average molecular weight is 344 g/mol. The van der Waals surface area contributed by atoms with Crippen LogP contribution >= 0.6 is 0 Å². The molecule has 0 N–H and O–H groups in total. The number of nitrogens with zero attached hydrogens (tertiary/aromatic N) is 2. The first kappa shape index (κ1) is 18.3. The van der Waals surface area contributed by atoms with E-state index in [0.29, 0.717) is 10.9 Å². The van der Waals surface area contributed by atoms with Gasteiger partial charge in [-0.15, -0.1) is 0 Å². The number of fused-ring (bicyclic) bond motifs is 1. The number of non-ortho nitro benzene ring substituents is 1. The topological polar surface area (TPSA) is 83.6 Å². The predicted octanol–water partition coefficient (Wildman–Crippen LogP) is 3.36. The van der Waals surface area contributed by atoms with Gasteiger partial charge in [-0.3, -0.25) is 14.9 Å². The van der Waals surface area contributed by atoms with Gasteiger partial charge >= 0.3 is 0 Å². The zero-order valence-electron chi connectivity index (χ0n) is 14.4. The fraction of sp³-hybridized carbons (Fsp3) is 0.278. The highest BCUT2D eigenvalue weighted by Crippen LogP contribution is 2.34. The van der Waals surface area contributed by atoms with Gasteiger partial charge < -0.3 is 14.0 Å². The Hall–Kier alpha value is -3.09. The predicted molar refractivity (Wildman–Crippen MR) is 96.5 cm³/mol. The molecule has 7 nitrogen and oxygen atoms in total. The van der Waals surface area contributed by atoms with Gasteiger partial charge in [-0.25, -0.2) is 0 Å². The van der Waals surface area contributed by atoms with E-state index >= 15 is 0 Å². The van der Waals surface area contributed by atoms with Crippen LogP contribution in [-0.2, 0) is 7.05 Å². The summed E-state index contributed by atoms with van der Waals surface area (Å²) in [6.07, 6.45) is 3.39. The van der Waals surface area contributed by atoms with Crippen molar-refractivity contribution in [1.29, 1.82) is 0 Å². The average Bonchev–Trinajstić information content (AvgIpc) is 2.57. The van der Waals surface area contributed by atoms with Crippen molar-refractivity contribution in [3.8, 4) is 11.5 Å². The van der Waals surface area contributed by atoms with Gasteiger partial charge in [0.25, 0.3) is 11.2 Å². The Morgan fingerprint density at radius 3 is 2.56 bits per heavy atom. The summed E-state index contributed by atoms with van der Waals surface area (Å²) >= 11 is 0. The molecule has 0 atom stereocenters. The number of nitro groups is 1. The first-order valence-electron chi connectivity index (χ1n) is 7.67. The van der Waals surface area contributed by atoms with Crippen molar-refractivity contribution in [1.82, 2.24) is 4.57 Å². The van der Waals surface area contributed by atoms with Crippen LogP contribution in [0.1, 0.15) is 13.8 Å². The van der Waals surface area contributed by atoms with Gasteiger partial charge in [0.15, 0.2) is 5.75 Å². The van der Waals surface area contributed by atoms with E-state index in [-0.39, 0.29) is 30.4 Å². The third kappa shape index (κ3) is 3.88. The van der Waals surface area contributed by atoms with E-state index < -0.39 is 10.5 Å². The van der Waals surface area contributed by atoms with E-state index in [1.807, 2.05) is 19.9 Å². The number of hydrogen-bond donors (Lipinski definition) is 0. The van der Waals surface area contributed by atoms with E-state index in [4.69, 9.17) is 9.47 Å². The van der Waals surface area contributed by atoms with Crippen LogP contribution in [0.5, 0.6) is 11.5 Å². The molecule has 0 saturated carbocycles. The molecule has 7 heteroatoms. The smallest absolute Gasteiger partial charge is 0.297 e. The third-order valence-electron chi connectivity index (χ3n) is 3.57. The standard InChI is InChI=1S/C18H20N2O5/c1-5-9-24-17-16(25-10-8-12(2)3)14-7-6-13(20(22)23)11-15(14)19(4)18(17)21/h5-8,11H,1,9-10H2,2-4H3. The normalized spacial score (nSPS) is 10.4. The molecule has 0 radical (unpaired) electrons. The van der Waals surface area contributed by atoms with Crippen LogP contribution in [0.15, 0.2) is 47.3 Å². The van der Waals surface area contributed by atoms with Gasteiger partial charge in [-0.1, -0.05) is 18.2 Å². The minimum Gasteiger partial charge on any atom is -0.485 e. The van der Waals surface area contributed by atoms with Crippen LogP contribution < -0.4 is 15.0 Å². The van der Waals surface area contributed by atoms with Gasteiger partial charge in [-0.2, -0.15) is 0 Å². The summed E-state index contributed by atoms with van der Waals surface area (Å²) in [5.74, 6) is 0.332. The minimum absolute atomic E-state index is 0.0610. The Labute approximate surface area is 144 Å². The lowest BCUT2D eigenvalue weighted by Gasteiger charge is -2.15. The Morgan fingerprint density at radius 1 is 1.28 bits per heavy atom. The van der Waals surface area contributed by atoms with Crippen molar-refractivity contribution in [2.45, 2.75) is 13.8 Å². The van der Waals surface area contributed by atoms with Gasteiger partial charge in [-0.05, 0) is 26.0 Å². The summed E-state index contributed by atoms with van der Waals surface area (Å²) in [6.45, 7) is 7.85. The number of allylic oxidation sites excluding steroid dienone is 1. The van der Waals surface area contributed by atoms with Crippen molar-refractivity contribution >= 4 is 16.6 Å². The lowest BCUT2D eigenvalue weighted by Crippen LogP contribution is -2.21. The Morgan fingerprint density at radius 2 is 1.96 bits per heavy atom. The maximum atomic E-state index is 12.6. The van der Waals surface area contributed by atoms with Crippen molar-refractivity contribution < 1.29 is 14.4 Å². The first-order valence-corrected chi connectivity index (χ1v) is 7.67. The highest BCUT2D eigenvalue weighted by Gasteiger charge is 2.20. The largest absolute Gasteiger partial charge is 0.485 e. The molecule has 132 valence electrons. The van der Waals surface area contributed by atoms with E-state index in [1.54, 1.807) is 6.07 Å². The second kappa shape index (κ2) is 7.65. The summed E-state index contributed by atoms with van der Waals surface area (Å²) in [5.41, 5.74) is 0.939. The fourth-order valence-electron chi connectivity index (χ4n) is 2.29. The third-order valence-corrected chi connectivity index (χ3v) is 3.57.